The molecule has 3 rings (SSSR count). The number of sulfonamides is 1. The molecular formula is C21H19ClFN3O3S. The van der Waals surface area contributed by atoms with Gasteiger partial charge in [0.1, 0.15) is 17.5 Å². The molecule has 0 unspecified atom stereocenters. The number of anilines is 1. The van der Waals surface area contributed by atoms with Crippen LogP contribution in [0, 0.1) is 17.1 Å². The highest BCUT2D eigenvalue weighted by Crippen LogP contribution is 2.24. The molecule has 9 heteroatoms. The van der Waals surface area contributed by atoms with Gasteiger partial charge in [-0.2, -0.15) is 9.57 Å². The van der Waals surface area contributed by atoms with E-state index in [0.29, 0.717) is 13.1 Å². The van der Waals surface area contributed by atoms with Crippen molar-refractivity contribution in [2.75, 3.05) is 18.4 Å². The second kappa shape index (κ2) is 9.39. The lowest BCUT2D eigenvalue weighted by atomic mass is 10.1. The van der Waals surface area contributed by atoms with E-state index in [4.69, 9.17) is 11.6 Å². The van der Waals surface area contributed by atoms with Crippen molar-refractivity contribution in [1.82, 2.24) is 4.31 Å². The Morgan fingerprint density at radius 3 is 2.53 bits per heavy atom. The van der Waals surface area contributed by atoms with E-state index in [0.717, 1.165) is 25.3 Å². The molecule has 30 heavy (non-hydrogen) atoms. The predicted octanol–water partition coefficient (Wildman–Crippen LogP) is 4.20. The third-order valence-corrected chi connectivity index (χ3v) is 6.92. The van der Waals surface area contributed by atoms with Crippen LogP contribution in [0.4, 0.5) is 10.1 Å². The van der Waals surface area contributed by atoms with E-state index < -0.39 is 21.7 Å². The second-order valence-electron chi connectivity index (χ2n) is 6.75. The topological polar surface area (TPSA) is 90.3 Å². The summed E-state index contributed by atoms with van der Waals surface area (Å²) in [5.41, 5.74) is -0.238. The molecule has 1 aliphatic rings. The van der Waals surface area contributed by atoms with Crippen LogP contribution in [0.5, 0.6) is 0 Å². The lowest BCUT2D eigenvalue weighted by Gasteiger charge is -2.26. The molecule has 1 fully saturated rings. The summed E-state index contributed by atoms with van der Waals surface area (Å²) in [5, 5.41) is 11.9. The highest BCUT2D eigenvalue weighted by atomic mass is 35.5. The van der Waals surface area contributed by atoms with Crippen molar-refractivity contribution in [2.24, 2.45) is 0 Å². The molecule has 6 nitrogen and oxygen atoms in total. The van der Waals surface area contributed by atoms with E-state index in [1.807, 2.05) is 0 Å². The number of amides is 1. The molecule has 156 valence electrons. The first-order chi connectivity index (χ1) is 14.3. The molecule has 2 aromatic rings. The summed E-state index contributed by atoms with van der Waals surface area (Å²) in [7, 11) is -3.67. The fourth-order valence-electron chi connectivity index (χ4n) is 3.13. The van der Waals surface area contributed by atoms with E-state index in [1.165, 1.54) is 46.8 Å². The second-order valence-corrected chi connectivity index (χ2v) is 9.10. The molecule has 0 spiro atoms. The molecule has 0 atom stereocenters. The molecular weight excluding hydrogens is 429 g/mol. The van der Waals surface area contributed by atoms with E-state index in [9.17, 15) is 22.9 Å². The van der Waals surface area contributed by atoms with Gasteiger partial charge in [-0.25, -0.2) is 12.8 Å². The standard InChI is InChI=1S/C21H19ClFN3O3S/c22-19-8-5-9-20(23)18(19)12-15(14-24)21(27)25-16-6-4-7-17(13-16)30(28,29)26-10-2-1-3-11-26/h4-9,12-13H,1-3,10-11H2,(H,25,27). The van der Waals surface area contributed by atoms with Gasteiger partial charge in [0.2, 0.25) is 10.0 Å². The summed E-state index contributed by atoms with van der Waals surface area (Å²) in [6, 6.07) is 11.6. The molecule has 1 aliphatic heterocycles. The molecule has 0 aliphatic carbocycles. The summed E-state index contributed by atoms with van der Waals surface area (Å²) in [5.74, 6) is -1.47. The fourth-order valence-corrected chi connectivity index (χ4v) is 4.91. The molecule has 1 saturated heterocycles. The number of hydrogen-bond donors (Lipinski definition) is 1. The Hall–Kier alpha value is -2.73. The van der Waals surface area contributed by atoms with Crippen LogP contribution in [-0.4, -0.2) is 31.7 Å². The van der Waals surface area contributed by atoms with E-state index in [1.54, 1.807) is 6.07 Å². The highest BCUT2D eigenvalue weighted by molar-refractivity contribution is 7.89. The maximum absolute atomic E-state index is 14.0. The Bertz CT molecular complexity index is 1120. The Morgan fingerprint density at radius 1 is 1.17 bits per heavy atom. The van der Waals surface area contributed by atoms with Crippen LogP contribution in [0.15, 0.2) is 52.9 Å². The Balaban J connectivity index is 1.84. The first kappa shape index (κ1) is 22.0. The van der Waals surface area contributed by atoms with Crippen LogP contribution < -0.4 is 5.32 Å². The summed E-state index contributed by atoms with van der Waals surface area (Å²) >= 11 is 5.94. The van der Waals surface area contributed by atoms with Gasteiger partial charge in [-0.15, -0.1) is 0 Å². The first-order valence-corrected chi connectivity index (χ1v) is 11.1. The third-order valence-electron chi connectivity index (χ3n) is 4.70. The van der Waals surface area contributed by atoms with Gasteiger partial charge in [0.15, 0.2) is 0 Å². The first-order valence-electron chi connectivity index (χ1n) is 9.30. The molecule has 0 aromatic heterocycles. The Kier molecular flexibility index (Phi) is 6.87. The number of hydrogen-bond acceptors (Lipinski definition) is 4. The van der Waals surface area contributed by atoms with Gasteiger partial charge in [0.05, 0.1) is 9.92 Å². The molecule has 1 heterocycles. The minimum atomic E-state index is -3.67. The van der Waals surface area contributed by atoms with E-state index in [-0.39, 0.29) is 26.7 Å². The average molecular weight is 448 g/mol. The normalized spacial score (nSPS) is 15.4. The van der Waals surface area contributed by atoms with Crippen LogP contribution >= 0.6 is 11.6 Å². The van der Waals surface area contributed by atoms with Gasteiger partial charge >= 0.3 is 0 Å². The average Bonchev–Trinajstić information content (AvgIpc) is 2.74. The Morgan fingerprint density at radius 2 is 1.87 bits per heavy atom. The zero-order chi connectivity index (χ0) is 21.7. The summed E-state index contributed by atoms with van der Waals surface area (Å²) < 4.78 is 41.0. The van der Waals surface area contributed by atoms with Crippen molar-refractivity contribution in [3.63, 3.8) is 0 Å². The maximum atomic E-state index is 14.0. The molecule has 1 amide bonds. The van der Waals surface area contributed by atoms with Crippen LogP contribution in [0.3, 0.4) is 0 Å². The number of rotatable bonds is 5. The zero-order valence-corrected chi connectivity index (χ0v) is 17.5. The summed E-state index contributed by atoms with van der Waals surface area (Å²) in [6.45, 7) is 0.924. The van der Waals surface area contributed by atoms with Crippen LogP contribution in [0.25, 0.3) is 6.08 Å². The van der Waals surface area contributed by atoms with Crippen LogP contribution in [-0.2, 0) is 14.8 Å². The number of halogens is 2. The number of carbonyl (C=O) groups excluding carboxylic acids is 1. The SMILES string of the molecule is N#CC(=Cc1c(F)cccc1Cl)C(=O)Nc1cccc(S(=O)(=O)N2CCCCC2)c1. The lowest BCUT2D eigenvalue weighted by Crippen LogP contribution is -2.35. The maximum Gasteiger partial charge on any atom is 0.266 e. The van der Waals surface area contributed by atoms with Crippen molar-refractivity contribution in [3.05, 3.63) is 64.4 Å². The van der Waals surface area contributed by atoms with Crippen molar-refractivity contribution < 1.29 is 17.6 Å². The van der Waals surface area contributed by atoms with Crippen molar-refractivity contribution in [2.45, 2.75) is 24.2 Å². The fraction of sp³-hybridized carbons (Fsp3) is 0.238. The van der Waals surface area contributed by atoms with Gasteiger partial charge in [-0.1, -0.05) is 30.2 Å². The van der Waals surface area contributed by atoms with Crippen LogP contribution in [0.1, 0.15) is 24.8 Å². The molecule has 0 radical (unpaired) electrons. The van der Waals surface area contributed by atoms with E-state index in [2.05, 4.69) is 5.32 Å². The zero-order valence-electron chi connectivity index (χ0n) is 15.9. The minimum Gasteiger partial charge on any atom is -0.321 e. The van der Waals surface area contributed by atoms with Gasteiger partial charge in [-0.05, 0) is 49.2 Å². The number of nitrogens with one attached hydrogen (secondary N) is 1. The molecule has 1 N–H and O–H groups in total. The number of benzene rings is 2. The number of carbonyl (C=O) groups is 1. The van der Waals surface area contributed by atoms with Crippen molar-refractivity contribution in [3.8, 4) is 6.07 Å². The van der Waals surface area contributed by atoms with Gasteiger partial charge in [-0.3, -0.25) is 4.79 Å². The highest BCUT2D eigenvalue weighted by Gasteiger charge is 2.26. The van der Waals surface area contributed by atoms with Gasteiger partial charge in [0, 0.05) is 24.3 Å². The quantitative estimate of drug-likeness (QED) is 0.549. The van der Waals surface area contributed by atoms with Crippen molar-refractivity contribution in [1.29, 1.82) is 5.26 Å². The predicted molar refractivity (Wildman–Crippen MR) is 113 cm³/mol. The smallest absolute Gasteiger partial charge is 0.266 e. The number of nitriles is 1. The molecule has 0 bridgehead atoms. The van der Waals surface area contributed by atoms with Crippen LogP contribution in [0.2, 0.25) is 5.02 Å². The molecule has 2 aromatic carbocycles. The molecule has 0 saturated carbocycles. The largest absolute Gasteiger partial charge is 0.321 e. The summed E-state index contributed by atoms with van der Waals surface area (Å²) in [4.78, 5) is 12.6. The van der Waals surface area contributed by atoms with Crippen molar-refractivity contribution >= 4 is 39.3 Å². The third kappa shape index (κ3) is 4.87. The summed E-state index contributed by atoms with van der Waals surface area (Å²) in [6.07, 6.45) is 3.67. The minimum absolute atomic E-state index is 0.0573. The number of nitrogens with zero attached hydrogens (tertiary/aromatic N) is 2. The van der Waals surface area contributed by atoms with Gasteiger partial charge < -0.3 is 5.32 Å². The lowest BCUT2D eigenvalue weighted by molar-refractivity contribution is -0.112. The van der Waals surface area contributed by atoms with E-state index >= 15 is 0 Å². The Labute approximate surface area is 179 Å². The number of piperidine rings is 1. The van der Waals surface area contributed by atoms with Gasteiger partial charge in [0.25, 0.3) is 5.91 Å². The monoisotopic (exact) mass is 447 g/mol.